The van der Waals surface area contributed by atoms with Gasteiger partial charge in [-0.15, -0.1) is 0 Å². The molecule has 0 saturated heterocycles. The number of carbonyl (C=O) groups excluding carboxylic acids is 2. The number of benzene rings is 3. The van der Waals surface area contributed by atoms with Crippen molar-refractivity contribution < 1.29 is 33.9 Å². The van der Waals surface area contributed by atoms with Crippen molar-refractivity contribution in [3.8, 4) is 0 Å². The Labute approximate surface area is 218 Å². The zero-order valence-corrected chi connectivity index (χ0v) is 20.6. The second kappa shape index (κ2) is 13.5. The molecular weight excluding hydrogens is 494 g/mol. The number of hydrazine groups is 1. The van der Waals surface area contributed by atoms with Crippen LogP contribution in [0.3, 0.4) is 0 Å². The molecule has 11 nitrogen and oxygen atoms in total. The van der Waals surface area contributed by atoms with Gasteiger partial charge in [0.1, 0.15) is 12.6 Å². The molecule has 3 aromatic carbocycles. The Morgan fingerprint density at radius 2 is 1.53 bits per heavy atom. The van der Waals surface area contributed by atoms with Gasteiger partial charge in [0.25, 0.3) is 5.69 Å². The topological polar surface area (TPSA) is 148 Å². The largest absolute Gasteiger partial charge is 0.480 e. The van der Waals surface area contributed by atoms with Crippen LogP contribution in [-0.4, -0.2) is 52.3 Å². The van der Waals surface area contributed by atoms with Gasteiger partial charge < -0.3 is 14.6 Å². The van der Waals surface area contributed by atoms with Crippen LogP contribution in [0.5, 0.6) is 0 Å². The fourth-order valence-electron chi connectivity index (χ4n) is 3.70. The maximum atomic E-state index is 13.3. The molecule has 2 atom stereocenters. The highest BCUT2D eigenvalue weighted by Crippen LogP contribution is 2.17. The summed E-state index contributed by atoms with van der Waals surface area (Å²) in [6.07, 6.45) is -1.21. The molecule has 3 aromatic rings. The number of nitrogens with one attached hydrogen (secondary N) is 1. The fraction of sp³-hybridized carbons (Fsp3) is 0.222. The molecule has 2 N–H and O–H groups in total. The molecule has 0 heterocycles. The smallest absolute Gasteiger partial charge is 0.425 e. The molecule has 11 heteroatoms. The van der Waals surface area contributed by atoms with Crippen LogP contribution in [0, 0.1) is 10.1 Å². The number of non-ortho nitro benzene ring substituents is 1. The number of carboxylic acids is 1. The molecule has 0 radical (unpaired) electrons. The standard InChI is InChI=1S/C27H27N3O8/c1-37-26(33)24(17-19-9-4-2-5-10-19)29(27(34)38-18-20-11-6-3-7-12-20)28-23(25(31)32)16-21-13-8-14-22(15-21)30(35)36/h2-15,23-24,28H,16-18H2,1H3,(H,31,32)/t23-,24-/m0/s1. The number of nitrogens with zero attached hydrogens (tertiary/aromatic N) is 2. The summed E-state index contributed by atoms with van der Waals surface area (Å²) in [5.41, 5.74) is 4.12. The van der Waals surface area contributed by atoms with E-state index in [1.165, 1.54) is 24.3 Å². The van der Waals surface area contributed by atoms with Crippen LogP contribution in [0.2, 0.25) is 0 Å². The second-order valence-corrected chi connectivity index (χ2v) is 8.29. The lowest BCUT2D eigenvalue weighted by molar-refractivity contribution is -0.384. The lowest BCUT2D eigenvalue weighted by atomic mass is 10.0. The first-order valence-corrected chi connectivity index (χ1v) is 11.6. The number of carboxylic acid groups (broad SMARTS) is 1. The third-order valence-corrected chi connectivity index (χ3v) is 5.61. The molecule has 3 rings (SSSR count). The maximum absolute atomic E-state index is 13.3. The summed E-state index contributed by atoms with van der Waals surface area (Å²) >= 11 is 0. The van der Waals surface area contributed by atoms with Crippen LogP contribution in [-0.2, 0) is 38.5 Å². The summed E-state index contributed by atoms with van der Waals surface area (Å²) in [6.45, 7) is -0.125. The molecule has 0 bridgehead atoms. The van der Waals surface area contributed by atoms with Gasteiger partial charge in [0.05, 0.1) is 12.0 Å². The minimum atomic E-state index is -1.44. The van der Waals surface area contributed by atoms with Crippen molar-refractivity contribution in [3.63, 3.8) is 0 Å². The Hall–Kier alpha value is -4.77. The summed E-state index contributed by atoms with van der Waals surface area (Å²) in [6, 6.07) is 20.4. The molecule has 0 aliphatic heterocycles. The predicted molar refractivity (Wildman–Crippen MR) is 136 cm³/mol. The third-order valence-electron chi connectivity index (χ3n) is 5.61. The van der Waals surface area contributed by atoms with Gasteiger partial charge in [0, 0.05) is 25.0 Å². The van der Waals surface area contributed by atoms with Crippen LogP contribution in [0.1, 0.15) is 16.7 Å². The van der Waals surface area contributed by atoms with Crippen molar-refractivity contribution in [2.24, 2.45) is 0 Å². The average Bonchev–Trinajstić information content (AvgIpc) is 2.93. The van der Waals surface area contributed by atoms with Gasteiger partial charge in [-0.25, -0.2) is 20.0 Å². The third kappa shape index (κ3) is 7.87. The molecule has 0 spiro atoms. The lowest BCUT2D eigenvalue weighted by Gasteiger charge is -2.32. The molecule has 0 aromatic heterocycles. The highest BCUT2D eigenvalue weighted by Gasteiger charge is 2.36. The molecule has 198 valence electrons. The number of rotatable bonds is 12. The van der Waals surface area contributed by atoms with E-state index in [0.717, 1.165) is 12.1 Å². The first-order valence-electron chi connectivity index (χ1n) is 11.6. The Balaban J connectivity index is 1.91. The summed E-state index contributed by atoms with van der Waals surface area (Å²) in [7, 11) is 1.16. The van der Waals surface area contributed by atoms with E-state index < -0.39 is 35.0 Å². The summed E-state index contributed by atoms with van der Waals surface area (Å²) in [4.78, 5) is 48.9. The van der Waals surface area contributed by atoms with Gasteiger partial charge in [-0.3, -0.25) is 14.9 Å². The normalized spacial score (nSPS) is 12.1. The monoisotopic (exact) mass is 521 g/mol. The molecule has 1 amide bonds. The van der Waals surface area contributed by atoms with E-state index in [9.17, 15) is 29.6 Å². The highest BCUT2D eigenvalue weighted by molar-refractivity contribution is 5.82. The molecule has 0 saturated carbocycles. The summed E-state index contributed by atoms with van der Waals surface area (Å²) in [5, 5.41) is 21.9. The van der Waals surface area contributed by atoms with E-state index in [-0.39, 0.29) is 25.1 Å². The van der Waals surface area contributed by atoms with Crippen LogP contribution in [0.25, 0.3) is 0 Å². The van der Waals surface area contributed by atoms with Crippen molar-refractivity contribution in [1.29, 1.82) is 0 Å². The highest BCUT2D eigenvalue weighted by atomic mass is 16.6. The predicted octanol–water partition coefficient (Wildman–Crippen LogP) is 3.52. The number of carbonyl (C=O) groups is 3. The summed E-state index contributed by atoms with van der Waals surface area (Å²) in [5.74, 6) is -2.14. The Morgan fingerprint density at radius 3 is 2.11 bits per heavy atom. The van der Waals surface area contributed by atoms with Crippen molar-refractivity contribution in [1.82, 2.24) is 10.4 Å². The van der Waals surface area contributed by atoms with Crippen LogP contribution in [0.4, 0.5) is 10.5 Å². The first kappa shape index (κ1) is 27.8. The molecular formula is C27H27N3O8. The molecule has 0 unspecified atom stereocenters. The quantitative estimate of drug-likeness (QED) is 0.207. The minimum Gasteiger partial charge on any atom is -0.480 e. The molecule has 38 heavy (non-hydrogen) atoms. The Morgan fingerprint density at radius 1 is 0.921 bits per heavy atom. The van der Waals surface area contributed by atoms with Gasteiger partial charge in [-0.2, -0.15) is 0 Å². The number of hydrogen-bond donors (Lipinski definition) is 2. The number of amides is 1. The van der Waals surface area contributed by atoms with Gasteiger partial charge in [0.15, 0.2) is 6.04 Å². The van der Waals surface area contributed by atoms with E-state index in [1.54, 1.807) is 60.7 Å². The van der Waals surface area contributed by atoms with E-state index in [1.807, 2.05) is 0 Å². The van der Waals surface area contributed by atoms with Crippen LogP contribution >= 0.6 is 0 Å². The number of aliphatic carboxylic acids is 1. The SMILES string of the molecule is COC(=O)[C@H](Cc1ccccc1)N(N[C@@H](Cc1cccc([N+](=O)[O-])c1)C(=O)O)C(=O)OCc1ccccc1. The minimum absolute atomic E-state index is 0.00407. The van der Waals surface area contributed by atoms with Crippen LogP contribution < -0.4 is 5.43 Å². The average molecular weight is 522 g/mol. The zero-order valence-electron chi connectivity index (χ0n) is 20.6. The van der Waals surface area contributed by atoms with E-state index >= 15 is 0 Å². The number of nitro benzene ring substituents is 1. The lowest BCUT2D eigenvalue weighted by Crippen LogP contribution is -2.59. The molecule has 0 aliphatic carbocycles. The van der Waals surface area contributed by atoms with E-state index in [0.29, 0.717) is 16.7 Å². The summed E-state index contributed by atoms with van der Waals surface area (Å²) < 4.78 is 10.3. The van der Waals surface area contributed by atoms with Gasteiger partial charge in [-0.1, -0.05) is 72.8 Å². The van der Waals surface area contributed by atoms with Crippen molar-refractivity contribution in [2.75, 3.05) is 7.11 Å². The number of methoxy groups -OCH3 is 1. The van der Waals surface area contributed by atoms with E-state index in [4.69, 9.17) is 9.47 Å². The van der Waals surface area contributed by atoms with Crippen molar-refractivity contribution >= 4 is 23.7 Å². The van der Waals surface area contributed by atoms with Crippen molar-refractivity contribution in [2.45, 2.75) is 31.5 Å². The molecule has 0 fully saturated rings. The fourth-order valence-corrected chi connectivity index (χ4v) is 3.70. The number of nitro groups is 1. The maximum Gasteiger partial charge on any atom is 0.425 e. The van der Waals surface area contributed by atoms with Crippen molar-refractivity contribution in [3.05, 3.63) is 112 Å². The second-order valence-electron chi connectivity index (χ2n) is 8.29. The number of esters is 1. The molecule has 0 aliphatic rings. The van der Waals surface area contributed by atoms with Gasteiger partial charge in [0.2, 0.25) is 0 Å². The number of ether oxygens (including phenoxy) is 2. The van der Waals surface area contributed by atoms with Crippen LogP contribution in [0.15, 0.2) is 84.9 Å². The van der Waals surface area contributed by atoms with Gasteiger partial charge in [-0.05, 0) is 16.7 Å². The Bertz CT molecular complexity index is 1250. The van der Waals surface area contributed by atoms with E-state index in [2.05, 4.69) is 5.43 Å². The first-order chi connectivity index (χ1) is 18.3. The van der Waals surface area contributed by atoms with Gasteiger partial charge >= 0.3 is 18.0 Å². The Kier molecular flexibility index (Phi) is 9.89. The zero-order chi connectivity index (χ0) is 27.5. The number of hydrogen-bond acceptors (Lipinski definition) is 8.